The van der Waals surface area contributed by atoms with Crippen molar-refractivity contribution < 1.29 is 13.2 Å². The zero-order valence-electron chi connectivity index (χ0n) is 11.0. The Morgan fingerprint density at radius 2 is 1.90 bits per heavy atom. The van der Waals surface area contributed by atoms with Gasteiger partial charge in [0.2, 0.25) is 0 Å². The topological polar surface area (TPSA) is 51.2 Å². The molecule has 0 saturated carbocycles. The number of sulfone groups is 1. The Balaban J connectivity index is 2.32. The minimum atomic E-state index is -3.64. The quantitative estimate of drug-likeness (QED) is 0.767. The molecule has 0 saturated heterocycles. The summed E-state index contributed by atoms with van der Waals surface area (Å²) in [4.78, 5) is 14.2. The first-order valence-electron chi connectivity index (χ1n) is 5.89. The molecule has 0 unspecified atom stereocenters. The van der Waals surface area contributed by atoms with Crippen molar-refractivity contribution >= 4 is 42.9 Å². The van der Waals surface area contributed by atoms with Crippen LogP contribution in [0.15, 0.2) is 39.7 Å². The first-order valence-corrected chi connectivity index (χ1v) is 9.15. The van der Waals surface area contributed by atoms with Crippen LogP contribution in [0.4, 0.5) is 0 Å². The molecule has 3 nitrogen and oxygen atoms in total. The summed E-state index contributed by atoms with van der Waals surface area (Å²) in [5, 5.41) is 0. The lowest BCUT2D eigenvalue weighted by molar-refractivity contribution is 0.102. The van der Waals surface area contributed by atoms with Gasteiger partial charge in [-0.1, -0.05) is 12.1 Å². The molecule has 0 radical (unpaired) electrons. The molecule has 0 N–H and O–H groups in total. The van der Waals surface area contributed by atoms with Gasteiger partial charge in [0.1, 0.15) is 5.75 Å². The maximum absolute atomic E-state index is 12.3. The molecule has 1 heterocycles. The van der Waals surface area contributed by atoms with Crippen molar-refractivity contribution in [2.75, 3.05) is 5.75 Å². The lowest BCUT2D eigenvalue weighted by Gasteiger charge is -2.05. The summed E-state index contributed by atoms with van der Waals surface area (Å²) in [6.45, 7) is 3.73. The summed E-state index contributed by atoms with van der Waals surface area (Å²) in [6.07, 6.45) is 0. The fourth-order valence-electron chi connectivity index (χ4n) is 1.93. The molecule has 20 heavy (non-hydrogen) atoms. The second kappa shape index (κ2) is 5.79. The number of rotatable bonds is 4. The molecule has 0 fully saturated rings. The normalized spacial score (nSPS) is 11.6. The molecule has 1 aromatic carbocycles. The number of aryl methyl sites for hydroxylation is 2. The highest BCUT2D eigenvalue weighted by Crippen LogP contribution is 2.25. The van der Waals surface area contributed by atoms with Crippen LogP contribution in [0.25, 0.3) is 0 Å². The van der Waals surface area contributed by atoms with Crippen molar-refractivity contribution in [3.8, 4) is 0 Å². The summed E-state index contributed by atoms with van der Waals surface area (Å²) in [5.74, 6) is -0.866. The predicted molar refractivity (Wildman–Crippen MR) is 84.3 cm³/mol. The van der Waals surface area contributed by atoms with Gasteiger partial charge in [-0.2, -0.15) is 0 Å². The Hall–Kier alpha value is -0.980. The van der Waals surface area contributed by atoms with E-state index in [1.165, 1.54) is 17.4 Å². The van der Waals surface area contributed by atoms with Crippen molar-refractivity contribution in [2.45, 2.75) is 18.7 Å². The standard InChI is InChI=1S/C14H13BrO3S2/c1-9-7-11(10(2)19-9)13(16)8-20(17,18)14-6-4-3-5-12(14)15/h3-7H,8H2,1-2H3. The molecule has 6 heteroatoms. The Labute approximate surface area is 130 Å². The molecule has 2 aromatic rings. The number of thiophene rings is 1. The average molecular weight is 373 g/mol. The molecule has 0 atom stereocenters. The molecule has 0 aliphatic heterocycles. The Morgan fingerprint density at radius 3 is 2.45 bits per heavy atom. The van der Waals surface area contributed by atoms with Crippen LogP contribution in [-0.2, 0) is 9.84 Å². The molecule has 0 bridgehead atoms. The number of hydrogen-bond acceptors (Lipinski definition) is 4. The van der Waals surface area contributed by atoms with E-state index in [9.17, 15) is 13.2 Å². The predicted octanol–water partition coefficient (Wildman–Crippen LogP) is 3.78. The van der Waals surface area contributed by atoms with E-state index in [1.54, 1.807) is 24.3 Å². The minimum Gasteiger partial charge on any atom is -0.293 e. The highest BCUT2D eigenvalue weighted by molar-refractivity contribution is 9.10. The van der Waals surface area contributed by atoms with Gasteiger partial charge in [0.25, 0.3) is 0 Å². The maximum Gasteiger partial charge on any atom is 0.186 e. The van der Waals surface area contributed by atoms with Crippen molar-refractivity contribution in [1.82, 2.24) is 0 Å². The van der Waals surface area contributed by atoms with Crippen LogP contribution in [0.5, 0.6) is 0 Å². The average Bonchev–Trinajstić information content (AvgIpc) is 2.68. The van der Waals surface area contributed by atoms with Gasteiger partial charge < -0.3 is 0 Å². The van der Waals surface area contributed by atoms with Gasteiger partial charge in [0.15, 0.2) is 15.6 Å². The number of carbonyl (C=O) groups excluding carboxylic acids is 1. The lowest BCUT2D eigenvalue weighted by Crippen LogP contribution is -2.17. The van der Waals surface area contributed by atoms with Crippen LogP contribution in [0.3, 0.4) is 0 Å². The van der Waals surface area contributed by atoms with Crippen LogP contribution < -0.4 is 0 Å². The molecule has 0 aliphatic rings. The third kappa shape index (κ3) is 3.19. The summed E-state index contributed by atoms with van der Waals surface area (Å²) in [6, 6.07) is 8.27. The van der Waals surface area contributed by atoms with Crippen LogP contribution in [0.1, 0.15) is 20.1 Å². The molecule has 0 aliphatic carbocycles. The van der Waals surface area contributed by atoms with Gasteiger partial charge in [0, 0.05) is 19.8 Å². The van der Waals surface area contributed by atoms with Crippen LogP contribution in [0, 0.1) is 13.8 Å². The summed E-state index contributed by atoms with van der Waals surface area (Å²) >= 11 is 4.71. The first-order chi connectivity index (χ1) is 9.31. The van der Waals surface area contributed by atoms with E-state index in [0.29, 0.717) is 10.0 Å². The van der Waals surface area contributed by atoms with E-state index in [-0.39, 0.29) is 10.7 Å². The maximum atomic E-state index is 12.3. The van der Waals surface area contributed by atoms with Gasteiger partial charge in [0.05, 0.1) is 4.90 Å². The number of halogens is 1. The molecular formula is C14H13BrO3S2. The highest BCUT2D eigenvalue weighted by atomic mass is 79.9. The van der Waals surface area contributed by atoms with Crippen molar-refractivity contribution in [1.29, 1.82) is 0 Å². The number of benzene rings is 1. The molecular weight excluding hydrogens is 360 g/mol. The molecule has 1 aromatic heterocycles. The Kier molecular flexibility index (Phi) is 4.46. The van der Waals surface area contributed by atoms with E-state index in [4.69, 9.17) is 0 Å². The third-order valence-electron chi connectivity index (χ3n) is 2.83. The zero-order chi connectivity index (χ0) is 14.9. The third-order valence-corrected chi connectivity index (χ3v) is 6.42. The number of ketones is 1. The van der Waals surface area contributed by atoms with Crippen molar-refractivity contribution in [3.05, 3.63) is 50.1 Å². The highest BCUT2D eigenvalue weighted by Gasteiger charge is 2.24. The van der Waals surface area contributed by atoms with Crippen LogP contribution >= 0.6 is 27.3 Å². The SMILES string of the molecule is Cc1cc(C(=O)CS(=O)(=O)c2ccccc2Br)c(C)s1. The van der Waals surface area contributed by atoms with E-state index < -0.39 is 15.6 Å². The summed E-state index contributed by atoms with van der Waals surface area (Å²) < 4.78 is 25.1. The van der Waals surface area contributed by atoms with E-state index in [2.05, 4.69) is 15.9 Å². The monoisotopic (exact) mass is 372 g/mol. The Morgan fingerprint density at radius 1 is 1.25 bits per heavy atom. The second-order valence-electron chi connectivity index (χ2n) is 4.44. The van der Waals surface area contributed by atoms with Gasteiger partial charge in [-0.05, 0) is 48.0 Å². The van der Waals surface area contributed by atoms with E-state index in [0.717, 1.165) is 9.75 Å². The Bertz CT molecular complexity index is 760. The molecule has 0 amide bonds. The fraction of sp³-hybridized carbons (Fsp3) is 0.214. The van der Waals surface area contributed by atoms with Gasteiger partial charge >= 0.3 is 0 Å². The zero-order valence-corrected chi connectivity index (χ0v) is 14.2. The molecule has 106 valence electrons. The van der Waals surface area contributed by atoms with Crippen LogP contribution in [0.2, 0.25) is 0 Å². The minimum absolute atomic E-state index is 0.151. The van der Waals surface area contributed by atoms with Crippen molar-refractivity contribution in [2.24, 2.45) is 0 Å². The van der Waals surface area contributed by atoms with E-state index in [1.807, 2.05) is 13.8 Å². The summed E-state index contributed by atoms with van der Waals surface area (Å²) in [7, 11) is -3.64. The molecule has 0 spiro atoms. The van der Waals surface area contributed by atoms with Gasteiger partial charge in [-0.25, -0.2) is 8.42 Å². The van der Waals surface area contributed by atoms with Gasteiger partial charge in [-0.3, -0.25) is 4.79 Å². The smallest absolute Gasteiger partial charge is 0.186 e. The number of Topliss-reactive ketones (excluding diaryl/α,β-unsaturated/α-hetero) is 1. The van der Waals surface area contributed by atoms with E-state index >= 15 is 0 Å². The first kappa shape index (κ1) is 15.4. The number of hydrogen-bond donors (Lipinski definition) is 0. The molecule has 2 rings (SSSR count). The second-order valence-corrected chi connectivity index (χ2v) is 8.71. The fourth-order valence-corrected chi connectivity index (χ4v) is 5.21. The lowest BCUT2D eigenvalue weighted by atomic mass is 10.2. The summed E-state index contributed by atoms with van der Waals surface area (Å²) in [5.41, 5.74) is 0.503. The largest absolute Gasteiger partial charge is 0.293 e. The van der Waals surface area contributed by atoms with Crippen LogP contribution in [-0.4, -0.2) is 20.0 Å². The number of carbonyl (C=O) groups is 1. The van der Waals surface area contributed by atoms with Crippen molar-refractivity contribution in [3.63, 3.8) is 0 Å². The van der Waals surface area contributed by atoms with Gasteiger partial charge in [-0.15, -0.1) is 11.3 Å².